The molecule has 0 aromatic heterocycles. The lowest BCUT2D eigenvalue weighted by Crippen LogP contribution is -2.41. The fourth-order valence-electron chi connectivity index (χ4n) is 3.65. The van der Waals surface area contributed by atoms with E-state index in [1.54, 1.807) is 12.2 Å². The van der Waals surface area contributed by atoms with Crippen LogP contribution in [0.2, 0.25) is 0 Å². The lowest BCUT2D eigenvalue weighted by Gasteiger charge is -2.42. The van der Waals surface area contributed by atoms with Gasteiger partial charge in [0.05, 0.1) is 11.6 Å². The Morgan fingerprint density at radius 2 is 1.56 bits per heavy atom. The van der Waals surface area contributed by atoms with Gasteiger partial charge in [-0.15, -0.1) is 0 Å². The predicted molar refractivity (Wildman–Crippen MR) is 67.8 cm³/mol. The van der Waals surface area contributed by atoms with Gasteiger partial charge in [0.1, 0.15) is 0 Å². The Bertz CT molecular complexity index is 367. The van der Waals surface area contributed by atoms with Crippen LogP contribution >= 0.6 is 0 Å². The average Bonchev–Trinajstić information content (AvgIpc) is 2.43. The molecule has 0 spiro atoms. The number of nitrogens with zero attached hydrogens (tertiary/aromatic N) is 2. The number of hydrogen-bond donors (Lipinski definition) is 0. The van der Waals surface area contributed by atoms with Crippen molar-refractivity contribution < 1.29 is 9.59 Å². The van der Waals surface area contributed by atoms with Gasteiger partial charge in [-0.25, -0.2) is 14.6 Å². The van der Waals surface area contributed by atoms with Crippen LogP contribution in [0.4, 0.5) is 0 Å². The van der Waals surface area contributed by atoms with E-state index in [-0.39, 0.29) is 11.6 Å². The van der Waals surface area contributed by atoms with Gasteiger partial charge >= 0.3 is 0 Å². The van der Waals surface area contributed by atoms with Crippen LogP contribution in [0.1, 0.15) is 57.8 Å². The minimum atomic E-state index is -0.211. The molecule has 18 heavy (non-hydrogen) atoms. The first-order chi connectivity index (χ1) is 8.80. The van der Waals surface area contributed by atoms with Gasteiger partial charge in [0.25, 0.3) is 0 Å². The SMILES string of the molecule is O=C=NC1CCC(N=C=O)(C2CCCCC2)CC1. The molecule has 2 rings (SSSR count). The fourth-order valence-corrected chi connectivity index (χ4v) is 3.65. The van der Waals surface area contributed by atoms with E-state index in [9.17, 15) is 9.59 Å². The van der Waals surface area contributed by atoms with Gasteiger partial charge in [-0.3, -0.25) is 0 Å². The summed E-state index contributed by atoms with van der Waals surface area (Å²) < 4.78 is 0. The zero-order chi connectivity index (χ0) is 12.8. The van der Waals surface area contributed by atoms with Crippen molar-refractivity contribution >= 4 is 12.2 Å². The summed E-state index contributed by atoms with van der Waals surface area (Å²) in [5, 5.41) is 0. The van der Waals surface area contributed by atoms with Crippen molar-refractivity contribution in [3.8, 4) is 0 Å². The Hall–Kier alpha value is -1.24. The van der Waals surface area contributed by atoms with Crippen molar-refractivity contribution in [2.24, 2.45) is 15.9 Å². The van der Waals surface area contributed by atoms with Crippen LogP contribution in [0, 0.1) is 5.92 Å². The van der Waals surface area contributed by atoms with E-state index in [0.717, 1.165) is 25.7 Å². The van der Waals surface area contributed by atoms with Gasteiger partial charge in [0.15, 0.2) is 0 Å². The van der Waals surface area contributed by atoms with Crippen LogP contribution < -0.4 is 0 Å². The molecule has 2 aliphatic carbocycles. The highest BCUT2D eigenvalue weighted by molar-refractivity contribution is 5.36. The standard InChI is InChI=1S/C14H20N2O2/c17-10-15-13-6-8-14(9-7-13,16-11-18)12-4-2-1-3-5-12/h12-13H,1-9H2. The third-order valence-corrected chi connectivity index (χ3v) is 4.69. The maximum atomic E-state index is 10.8. The van der Waals surface area contributed by atoms with Gasteiger partial charge in [0.2, 0.25) is 12.2 Å². The summed E-state index contributed by atoms with van der Waals surface area (Å²) >= 11 is 0. The molecule has 0 aromatic rings. The third-order valence-electron chi connectivity index (χ3n) is 4.69. The summed E-state index contributed by atoms with van der Waals surface area (Å²) in [5.41, 5.74) is -0.211. The second kappa shape index (κ2) is 6.08. The molecule has 2 saturated carbocycles. The van der Waals surface area contributed by atoms with Gasteiger partial charge in [-0.2, -0.15) is 4.99 Å². The summed E-state index contributed by atoms with van der Waals surface area (Å²) in [6, 6.07) is 0.0843. The number of isocyanates is 2. The zero-order valence-corrected chi connectivity index (χ0v) is 10.7. The maximum Gasteiger partial charge on any atom is 0.235 e. The molecule has 0 saturated heterocycles. The second-order valence-corrected chi connectivity index (χ2v) is 5.59. The molecule has 0 aliphatic heterocycles. The van der Waals surface area contributed by atoms with Crippen LogP contribution in [0.5, 0.6) is 0 Å². The first kappa shape index (κ1) is 13.2. The highest BCUT2D eigenvalue weighted by atomic mass is 16.1. The largest absolute Gasteiger partial charge is 0.235 e. The molecule has 0 heterocycles. The van der Waals surface area contributed by atoms with Crippen molar-refractivity contribution in [3.05, 3.63) is 0 Å². The smallest absolute Gasteiger partial charge is 0.211 e. The van der Waals surface area contributed by atoms with E-state index in [4.69, 9.17) is 0 Å². The Kier molecular flexibility index (Phi) is 4.46. The molecule has 0 radical (unpaired) electrons. The lowest BCUT2D eigenvalue weighted by molar-refractivity contribution is 0.149. The molecule has 0 amide bonds. The summed E-state index contributed by atoms with van der Waals surface area (Å²) in [7, 11) is 0. The second-order valence-electron chi connectivity index (χ2n) is 5.59. The van der Waals surface area contributed by atoms with Crippen molar-refractivity contribution in [1.29, 1.82) is 0 Å². The monoisotopic (exact) mass is 248 g/mol. The maximum absolute atomic E-state index is 10.8. The van der Waals surface area contributed by atoms with Crippen LogP contribution in [0.15, 0.2) is 9.98 Å². The molecule has 2 fully saturated rings. The summed E-state index contributed by atoms with van der Waals surface area (Å²) in [4.78, 5) is 29.0. The zero-order valence-electron chi connectivity index (χ0n) is 10.7. The van der Waals surface area contributed by atoms with E-state index in [1.165, 1.54) is 32.1 Å². The lowest BCUT2D eigenvalue weighted by atomic mass is 9.67. The van der Waals surface area contributed by atoms with E-state index < -0.39 is 0 Å². The van der Waals surface area contributed by atoms with Crippen molar-refractivity contribution in [2.45, 2.75) is 69.4 Å². The van der Waals surface area contributed by atoms with Gasteiger partial charge in [0, 0.05) is 0 Å². The molecule has 0 bridgehead atoms. The number of carbonyl (C=O) groups excluding carboxylic acids is 2. The molecule has 2 aliphatic rings. The van der Waals surface area contributed by atoms with Crippen LogP contribution in [-0.4, -0.2) is 23.7 Å². The molecular weight excluding hydrogens is 228 g/mol. The van der Waals surface area contributed by atoms with Crippen LogP contribution in [0.3, 0.4) is 0 Å². The predicted octanol–water partition coefficient (Wildman–Crippen LogP) is 2.92. The fraction of sp³-hybridized carbons (Fsp3) is 0.857. The van der Waals surface area contributed by atoms with Crippen LogP contribution in [0.25, 0.3) is 0 Å². The van der Waals surface area contributed by atoms with Gasteiger partial charge < -0.3 is 0 Å². The van der Waals surface area contributed by atoms with E-state index in [2.05, 4.69) is 9.98 Å². The first-order valence-electron chi connectivity index (χ1n) is 6.97. The molecule has 0 aromatic carbocycles. The van der Waals surface area contributed by atoms with Gasteiger partial charge in [-0.1, -0.05) is 19.3 Å². The average molecular weight is 248 g/mol. The molecule has 98 valence electrons. The van der Waals surface area contributed by atoms with E-state index >= 15 is 0 Å². The van der Waals surface area contributed by atoms with E-state index in [1.807, 2.05) is 0 Å². The normalized spacial score (nSPS) is 33.2. The van der Waals surface area contributed by atoms with Crippen molar-refractivity contribution in [3.63, 3.8) is 0 Å². The molecule has 0 unspecified atom stereocenters. The molecular formula is C14H20N2O2. The van der Waals surface area contributed by atoms with Crippen molar-refractivity contribution in [2.75, 3.05) is 0 Å². The summed E-state index contributed by atoms with van der Waals surface area (Å²) in [5.74, 6) is 0.522. The summed E-state index contributed by atoms with van der Waals surface area (Å²) in [6.07, 6.45) is 13.0. The molecule has 0 atom stereocenters. The Morgan fingerprint density at radius 1 is 0.889 bits per heavy atom. The third kappa shape index (κ3) is 2.77. The topological polar surface area (TPSA) is 58.9 Å². The minimum absolute atomic E-state index is 0.0843. The minimum Gasteiger partial charge on any atom is -0.211 e. The Balaban J connectivity index is 2.08. The molecule has 0 N–H and O–H groups in total. The molecule has 4 nitrogen and oxygen atoms in total. The number of rotatable bonds is 3. The quantitative estimate of drug-likeness (QED) is 0.569. The highest BCUT2D eigenvalue weighted by Crippen LogP contribution is 2.44. The summed E-state index contributed by atoms with van der Waals surface area (Å²) in [6.45, 7) is 0. The number of hydrogen-bond acceptors (Lipinski definition) is 4. The van der Waals surface area contributed by atoms with E-state index in [0.29, 0.717) is 5.92 Å². The highest BCUT2D eigenvalue weighted by Gasteiger charge is 2.42. The number of aliphatic imine (C=N–C) groups is 2. The Labute approximate surface area is 108 Å². The van der Waals surface area contributed by atoms with Gasteiger partial charge in [-0.05, 0) is 44.4 Å². The molecule has 4 heteroatoms. The Morgan fingerprint density at radius 3 is 2.11 bits per heavy atom. The van der Waals surface area contributed by atoms with Crippen molar-refractivity contribution in [1.82, 2.24) is 0 Å². The first-order valence-corrected chi connectivity index (χ1v) is 6.97. The van der Waals surface area contributed by atoms with Crippen LogP contribution in [-0.2, 0) is 9.59 Å².